The van der Waals surface area contributed by atoms with E-state index in [0.29, 0.717) is 24.6 Å². The topological polar surface area (TPSA) is 66.4 Å². The van der Waals surface area contributed by atoms with Crippen LogP contribution in [0.5, 0.6) is 0 Å². The lowest BCUT2D eigenvalue weighted by Gasteiger charge is -2.41. The minimum absolute atomic E-state index is 0.0926. The Balaban J connectivity index is 1.42. The zero-order valence-electron chi connectivity index (χ0n) is 18.9. The summed E-state index contributed by atoms with van der Waals surface area (Å²) in [6.07, 6.45) is 5.96. The van der Waals surface area contributed by atoms with Gasteiger partial charge in [-0.1, -0.05) is 12.8 Å². The molecule has 32 heavy (non-hydrogen) atoms. The lowest BCUT2D eigenvalue weighted by molar-refractivity contribution is -0.140. The molecule has 1 atom stereocenters. The zero-order valence-corrected chi connectivity index (χ0v) is 18.9. The van der Waals surface area contributed by atoms with Gasteiger partial charge in [-0.15, -0.1) is 5.10 Å². The molecule has 1 aliphatic carbocycles. The van der Waals surface area contributed by atoms with Crippen molar-refractivity contribution in [3.05, 3.63) is 58.7 Å². The number of carbonyl (C=O) groups is 2. The van der Waals surface area contributed by atoms with Gasteiger partial charge in [-0.2, -0.15) is 5.10 Å². The van der Waals surface area contributed by atoms with Gasteiger partial charge in [0.15, 0.2) is 5.78 Å². The number of benzene rings is 1. The van der Waals surface area contributed by atoms with E-state index < -0.39 is 0 Å². The van der Waals surface area contributed by atoms with Gasteiger partial charge in [-0.25, -0.2) is 4.39 Å². The lowest BCUT2D eigenvalue weighted by atomic mass is 9.96. The smallest absolute Gasteiger partial charge is 0.226 e. The second kappa shape index (κ2) is 9.86. The number of aromatic nitrogens is 2. The van der Waals surface area contributed by atoms with Crippen molar-refractivity contribution in [3.63, 3.8) is 0 Å². The van der Waals surface area contributed by atoms with Gasteiger partial charge >= 0.3 is 0 Å². The van der Waals surface area contributed by atoms with E-state index in [-0.39, 0.29) is 35.7 Å². The van der Waals surface area contributed by atoms with E-state index in [0.717, 1.165) is 49.9 Å². The second-order valence-electron chi connectivity index (χ2n) is 9.16. The fraction of sp³-hybridized carbons (Fsp3) is 0.520. The maximum absolute atomic E-state index is 14.4. The van der Waals surface area contributed by atoms with Gasteiger partial charge in [0, 0.05) is 50.8 Å². The van der Waals surface area contributed by atoms with Gasteiger partial charge in [-0.05, 0) is 67.6 Å². The van der Waals surface area contributed by atoms with E-state index >= 15 is 0 Å². The molecule has 0 unspecified atom stereocenters. The Hall–Kier alpha value is -2.67. The molecule has 0 radical (unpaired) electrons. The Bertz CT molecular complexity index is 975. The molecule has 0 spiro atoms. The number of nitrogens with zero attached hydrogens (tertiary/aromatic N) is 4. The highest BCUT2D eigenvalue weighted by Crippen LogP contribution is 2.28. The molecule has 2 fully saturated rings. The molecule has 7 heteroatoms. The Kier molecular flexibility index (Phi) is 6.94. The van der Waals surface area contributed by atoms with Crippen LogP contribution in [0.4, 0.5) is 4.39 Å². The number of Topliss-reactive ketones (excluding diaryl/α,β-unsaturated/α-hetero) is 1. The SMILES string of the molecule is Cc1c(CC(=O)c2cccnn2)cc(F)cc1CN1CCN(C(=O)C2CCCC2)[C@@H](C)C1. The number of carbonyl (C=O) groups excluding carboxylic acids is 2. The Morgan fingerprint density at radius 1 is 1.16 bits per heavy atom. The van der Waals surface area contributed by atoms with Crippen LogP contribution in [0.3, 0.4) is 0 Å². The summed E-state index contributed by atoms with van der Waals surface area (Å²) in [5.74, 6) is -0.00804. The third-order valence-electron chi connectivity index (χ3n) is 6.89. The van der Waals surface area contributed by atoms with E-state index in [4.69, 9.17) is 0 Å². The molecule has 2 aliphatic rings. The van der Waals surface area contributed by atoms with Crippen LogP contribution in [-0.4, -0.2) is 57.4 Å². The number of amides is 1. The molecule has 0 bridgehead atoms. The summed E-state index contributed by atoms with van der Waals surface area (Å²) in [5, 5.41) is 7.62. The monoisotopic (exact) mass is 438 g/mol. The lowest BCUT2D eigenvalue weighted by Crippen LogP contribution is -2.54. The van der Waals surface area contributed by atoms with E-state index in [1.54, 1.807) is 18.2 Å². The molecule has 4 rings (SSSR count). The highest BCUT2D eigenvalue weighted by molar-refractivity contribution is 5.95. The van der Waals surface area contributed by atoms with Crippen LogP contribution in [0.15, 0.2) is 30.5 Å². The summed E-state index contributed by atoms with van der Waals surface area (Å²) >= 11 is 0. The van der Waals surface area contributed by atoms with Crippen molar-refractivity contribution >= 4 is 11.7 Å². The molecule has 1 aliphatic heterocycles. The van der Waals surface area contributed by atoms with Crippen LogP contribution in [0.2, 0.25) is 0 Å². The Morgan fingerprint density at radius 2 is 1.91 bits per heavy atom. The average Bonchev–Trinajstić information content (AvgIpc) is 3.32. The normalized spacial score (nSPS) is 20.0. The first-order chi connectivity index (χ1) is 15.4. The first kappa shape index (κ1) is 22.5. The Labute approximate surface area is 188 Å². The number of hydrogen-bond acceptors (Lipinski definition) is 5. The predicted molar refractivity (Wildman–Crippen MR) is 120 cm³/mol. The van der Waals surface area contributed by atoms with Crippen molar-refractivity contribution < 1.29 is 14.0 Å². The summed E-state index contributed by atoms with van der Waals surface area (Å²) in [6, 6.07) is 6.43. The fourth-order valence-electron chi connectivity index (χ4n) is 5.01. The van der Waals surface area contributed by atoms with Crippen molar-refractivity contribution in [1.82, 2.24) is 20.0 Å². The second-order valence-corrected chi connectivity index (χ2v) is 9.16. The molecule has 1 aromatic carbocycles. The van der Waals surface area contributed by atoms with Gasteiger partial charge in [-0.3, -0.25) is 14.5 Å². The van der Waals surface area contributed by atoms with Crippen molar-refractivity contribution in [2.45, 2.75) is 58.5 Å². The largest absolute Gasteiger partial charge is 0.337 e. The summed E-state index contributed by atoms with van der Waals surface area (Å²) < 4.78 is 14.4. The van der Waals surface area contributed by atoms with Crippen molar-refractivity contribution in [3.8, 4) is 0 Å². The number of rotatable bonds is 6. The molecule has 1 saturated heterocycles. The van der Waals surface area contributed by atoms with E-state index in [1.807, 2.05) is 11.8 Å². The maximum atomic E-state index is 14.4. The third-order valence-corrected chi connectivity index (χ3v) is 6.89. The van der Waals surface area contributed by atoms with E-state index in [1.165, 1.54) is 12.3 Å². The molecule has 1 aromatic heterocycles. The first-order valence-electron chi connectivity index (χ1n) is 11.5. The molecule has 6 nitrogen and oxygen atoms in total. The van der Waals surface area contributed by atoms with Gasteiger partial charge in [0.25, 0.3) is 0 Å². The highest BCUT2D eigenvalue weighted by Gasteiger charge is 2.33. The van der Waals surface area contributed by atoms with Crippen LogP contribution < -0.4 is 0 Å². The fourth-order valence-corrected chi connectivity index (χ4v) is 5.01. The average molecular weight is 439 g/mol. The minimum atomic E-state index is -0.337. The quantitative estimate of drug-likeness (QED) is 0.645. The van der Waals surface area contributed by atoms with Crippen LogP contribution in [0, 0.1) is 18.7 Å². The molecule has 0 N–H and O–H groups in total. The summed E-state index contributed by atoms with van der Waals surface area (Å²) in [6.45, 7) is 6.89. The summed E-state index contributed by atoms with van der Waals surface area (Å²) in [4.78, 5) is 29.7. The van der Waals surface area contributed by atoms with Crippen LogP contribution in [0.1, 0.15) is 59.8 Å². The molecule has 2 aromatic rings. The number of piperazine rings is 1. The number of ketones is 1. The molecular weight excluding hydrogens is 407 g/mol. The summed E-state index contributed by atoms with van der Waals surface area (Å²) in [7, 11) is 0. The van der Waals surface area contributed by atoms with Gasteiger partial charge in [0.05, 0.1) is 0 Å². The number of hydrogen-bond donors (Lipinski definition) is 0. The maximum Gasteiger partial charge on any atom is 0.226 e. The van der Waals surface area contributed by atoms with Crippen LogP contribution in [-0.2, 0) is 17.8 Å². The third kappa shape index (κ3) is 5.04. The standard InChI is InChI=1S/C25H31FN4O2/c1-17-15-29(10-11-30(17)25(32)19-6-3-4-7-19)16-21-13-22(26)12-20(18(21)2)14-24(31)23-8-5-9-27-28-23/h5,8-9,12-13,17,19H,3-4,6-7,10-11,14-16H2,1-2H3/t17-/m0/s1. The van der Waals surface area contributed by atoms with Crippen LogP contribution >= 0.6 is 0 Å². The van der Waals surface area contributed by atoms with Crippen LogP contribution in [0.25, 0.3) is 0 Å². The molecule has 1 amide bonds. The van der Waals surface area contributed by atoms with Gasteiger partial charge < -0.3 is 4.90 Å². The van der Waals surface area contributed by atoms with Gasteiger partial charge in [0.1, 0.15) is 11.5 Å². The predicted octanol–water partition coefficient (Wildman–Crippen LogP) is 3.57. The van der Waals surface area contributed by atoms with E-state index in [9.17, 15) is 14.0 Å². The molecular formula is C25H31FN4O2. The molecule has 170 valence electrons. The van der Waals surface area contributed by atoms with Gasteiger partial charge in [0.2, 0.25) is 5.91 Å². The van der Waals surface area contributed by atoms with Crippen molar-refractivity contribution in [2.24, 2.45) is 5.92 Å². The molecule has 2 heterocycles. The Morgan fingerprint density at radius 3 is 2.59 bits per heavy atom. The van der Waals surface area contributed by atoms with Crippen molar-refractivity contribution in [2.75, 3.05) is 19.6 Å². The van der Waals surface area contributed by atoms with E-state index in [2.05, 4.69) is 22.0 Å². The number of halogens is 1. The highest BCUT2D eigenvalue weighted by atomic mass is 19.1. The zero-order chi connectivity index (χ0) is 22.7. The molecule has 1 saturated carbocycles. The summed E-state index contributed by atoms with van der Waals surface area (Å²) in [5.41, 5.74) is 2.78. The van der Waals surface area contributed by atoms with Crippen molar-refractivity contribution in [1.29, 1.82) is 0 Å². The first-order valence-corrected chi connectivity index (χ1v) is 11.5. The minimum Gasteiger partial charge on any atom is -0.337 e.